The minimum absolute atomic E-state index is 0.0772. The van der Waals surface area contributed by atoms with Crippen LogP contribution in [0.2, 0.25) is 0 Å². The number of allylic oxidation sites excluding steroid dienone is 11. The molecule has 0 heterocycles. The van der Waals surface area contributed by atoms with Gasteiger partial charge in [0.05, 0.1) is 0 Å². The van der Waals surface area contributed by atoms with Crippen LogP contribution in [-0.2, 0) is 14.3 Å². The zero-order valence-corrected chi connectivity index (χ0v) is 23.4. The Hall–Kier alpha value is -2.42. The summed E-state index contributed by atoms with van der Waals surface area (Å²) in [5.74, 6) is -0.0270. The van der Waals surface area contributed by atoms with Crippen LogP contribution in [0.25, 0.3) is 0 Å². The molecule has 0 fully saturated rings. The molecule has 36 heavy (non-hydrogen) atoms. The lowest BCUT2D eigenvalue weighted by molar-refractivity contribution is -0.142. The lowest BCUT2D eigenvalue weighted by Crippen LogP contribution is -2.10. The molecule has 0 aromatic carbocycles. The lowest BCUT2D eigenvalue weighted by atomic mass is 9.87. The van der Waals surface area contributed by atoms with Gasteiger partial charge in [0.1, 0.15) is 6.61 Å². The fourth-order valence-electron chi connectivity index (χ4n) is 3.85. The van der Waals surface area contributed by atoms with E-state index >= 15 is 0 Å². The Kier molecular flexibility index (Phi) is 17.3. The van der Waals surface area contributed by atoms with Gasteiger partial charge in [-0.2, -0.15) is 0 Å². The van der Waals surface area contributed by atoms with Crippen LogP contribution in [0.5, 0.6) is 0 Å². The average molecular weight is 495 g/mol. The first-order valence-corrected chi connectivity index (χ1v) is 14.0. The first kappa shape index (κ1) is 31.6. The standard InChI is InChI=1S/C33H50O3/c1-5-6-7-8-9-10-11-12-13-14-15-16-17-18-19-23-32(35)36-28-30-22-20-21-29(2)31(34)25-27-33(3,4)26-24-30/h6-7,9-10,12-13,21,24-25,27H,5,8,11,14-20,22-23,26,28H2,1-4H3/b7-6-,10-9-,13-12-,27-25+,29-21+,30-24-. The van der Waals surface area contributed by atoms with Crippen LogP contribution in [-0.4, -0.2) is 18.4 Å². The van der Waals surface area contributed by atoms with Crippen LogP contribution in [0.1, 0.15) is 111 Å². The van der Waals surface area contributed by atoms with E-state index in [2.05, 4.69) is 63.3 Å². The van der Waals surface area contributed by atoms with E-state index in [-0.39, 0.29) is 17.2 Å². The number of ketones is 1. The molecule has 0 atom stereocenters. The highest BCUT2D eigenvalue weighted by atomic mass is 16.5. The first-order valence-electron chi connectivity index (χ1n) is 14.0. The molecule has 0 aliphatic heterocycles. The van der Waals surface area contributed by atoms with E-state index in [1.165, 1.54) is 19.3 Å². The Labute approximate surface area is 221 Å². The second-order valence-electron chi connectivity index (χ2n) is 10.4. The van der Waals surface area contributed by atoms with Crippen molar-refractivity contribution in [1.82, 2.24) is 0 Å². The van der Waals surface area contributed by atoms with Crippen molar-refractivity contribution in [2.75, 3.05) is 6.61 Å². The van der Waals surface area contributed by atoms with Gasteiger partial charge in [-0.25, -0.2) is 0 Å². The van der Waals surface area contributed by atoms with E-state index in [0.717, 1.165) is 68.9 Å². The highest BCUT2D eigenvalue weighted by Gasteiger charge is 2.15. The molecule has 0 saturated heterocycles. The Bertz CT molecular complexity index is 818. The third-order valence-electron chi connectivity index (χ3n) is 6.36. The predicted octanol–water partition coefficient (Wildman–Crippen LogP) is 9.33. The zero-order valence-electron chi connectivity index (χ0n) is 23.4. The second kappa shape index (κ2) is 19.7. The fourth-order valence-corrected chi connectivity index (χ4v) is 3.85. The molecule has 0 unspecified atom stereocenters. The Morgan fingerprint density at radius 1 is 0.944 bits per heavy atom. The van der Waals surface area contributed by atoms with Gasteiger partial charge in [-0.05, 0) is 87.3 Å². The summed E-state index contributed by atoms with van der Waals surface area (Å²) >= 11 is 0. The molecule has 1 aliphatic rings. The summed E-state index contributed by atoms with van der Waals surface area (Å²) in [7, 11) is 0. The average Bonchev–Trinajstić information content (AvgIpc) is 2.87. The summed E-state index contributed by atoms with van der Waals surface area (Å²) in [5, 5.41) is 0. The van der Waals surface area contributed by atoms with E-state index < -0.39 is 0 Å². The summed E-state index contributed by atoms with van der Waals surface area (Å²) in [6.07, 6.45) is 34.0. The predicted molar refractivity (Wildman–Crippen MR) is 154 cm³/mol. The highest BCUT2D eigenvalue weighted by molar-refractivity contribution is 6.03. The van der Waals surface area contributed by atoms with Gasteiger partial charge in [0.2, 0.25) is 0 Å². The number of hydrogen-bond acceptors (Lipinski definition) is 3. The van der Waals surface area contributed by atoms with Crippen LogP contribution < -0.4 is 0 Å². The van der Waals surface area contributed by atoms with Crippen LogP contribution in [0, 0.1) is 5.41 Å². The Morgan fingerprint density at radius 2 is 1.61 bits per heavy atom. The molecule has 0 aromatic rings. The van der Waals surface area contributed by atoms with Crippen LogP contribution in [0.15, 0.2) is 71.9 Å². The number of rotatable bonds is 15. The van der Waals surface area contributed by atoms with Crippen molar-refractivity contribution in [2.45, 2.75) is 111 Å². The third-order valence-corrected chi connectivity index (χ3v) is 6.36. The van der Waals surface area contributed by atoms with Crippen molar-refractivity contribution in [2.24, 2.45) is 5.41 Å². The van der Waals surface area contributed by atoms with Crippen molar-refractivity contribution < 1.29 is 14.3 Å². The lowest BCUT2D eigenvalue weighted by Gasteiger charge is -2.18. The second-order valence-corrected chi connectivity index (χ2v) is 10.4. The van der Waals surface area contributed by atoms with E-state index in [4.69, 9.17) is 4.74 Å². The molecule has 3 heteroatoms. The van der Waals surface area contributed by atoms with Crippen LogP contribution in [0.3, 0.4) is 0 Å². The molecule has 0 aromatic heterocycles. The maximum absolute atomic E-state index is 12.2. The van der Waals surface area contributed by atoms with Gasteiger partial charge >= 0.3 is 5.97 Å². The van der Waals surface area contributed by atoms with E-state index in [0.29, 0.717) is 13.0 Å². The van der Waals surface area contributed by atoms with Crippen molar-refractivity contribution in [3.8, 4) is 0 Å². The monoisotopic (exact) mass is 494 g/mol. The molecule has 1 rings (SSSR count). The zero-order chi connectivity index (χ0) is 26.5. The molecule has 0 bridgehead atoms. The molecule has 0 N–H and O–H groups in total. The van der Waals surface area contributed by atoms with Gasteiger partial charge in [-0.3, -0.25) is 9.59 Å². The Morgan fingerprint density at radius 3 is 2.36 bits per heavy atom. The van der Waals surface area contributed by atoms with E-state index in [9.17, 15) is 9.59 Å². The number of hydrogen-bond donors (Lipinski definition) is 0. The van der Waals surface area contributed by atoms with Gasteiger partial charge in [0, 0.05) is 6.42 Å². The molecule has 0 amide bonds. The quantitative estimate of drug-likeness (QED) is 0.129. The summed E-state index contributed by atoms with van der Waals surface area (Å²) in [5.41, 5.74) is 1.81. The maximum atomic E-state index is 12.2. The summed E-state index contributed by atoms with van der Waals surface area (Å²) in [4.78, 5) is 24.4. The summed E-state index contributed by atoms with van der Waals surface area (Å²) < 4.78 is 5.59. The molecule has 200 valence electrons. The smallest absolute Gasteiger partial charge is 0.306 e. The number of unbranched alkanes of at least 4 members (excludes halogenated alkanes) is 5. The number of carbonyl (C=O) groups excluding carboxylic acids is 2. The number of carbonyl (C=O) groups is 2. The molecule has 0 saturated carbocycles. The van der Waals surface area contributed by atoms with Gasteiger partial charge in [0.15, 0.2) is 5.78 Å². The Balaban J connectivity index is 2.18. The summed E-state index contributed by atoms with van der Waals surface area (Å²) in [6.45, 7) is 8.62. The van der Waals surface area contributed by atoms with E-state index in [1.54, 1.807) is 6.08 Å². The largest absolute Gasteiger partial charge is 0.461 e. The number of esters is 1. The van der Waals surface area contributed by atoms with Gasteiger partial charge in [0.25, 0.3) is 0 Å². The van der Waals surface area contributed by atoms with Gasteiger partial charge < -0.3 is 4.74 Å². The molecular formula is C33H50O3. The molecule has 3 nitrogen and oxygen atoms in total. The maximum Gasteiger partial charge on any atom is 0.306 e. The van der Waals surface area contributed by atoms with Crippen molar-refractivity contribution >= 4 is 11.8 Å². The number of ether oxygens (including phenoxy) is 1. The highest BCUT2D eigenvalue weighted by Crippen LogP contribution is 2.25. The third kappa shape index (κ3) is 17.1. The van der Waals surface area contributed by atoms with Gasteiger partial charge in [-0.1, -0.05) is 94.7 Å². The topological polar surface area (TPSA) is 43.4 Å². The normalized spacial score (nSPS) is 20.7. The van der Waals surface area contributed by atoms with Gasteiger partial charge in [-0.15, -0.1) is 0 Å². The van der Waals surface area contributed by atoms with Crippen molar-refractivity contribution in [1.29, 1.82) is 0 Å². The molecule has 0 spiro atoms. The first-order chi connectivity index (χ1) is 17.3. The van der Waals surface area contributed by atoms with E-state index in [1.807, 2.05) is 19.1 Å². The SMILES string of the molecule is CC/C=C\C/C=C\C/C=C\CCCCCCCC(=O)OC/C1=C\CC(C)(C)/C=C/C(=O)/C(C)=C/CC1. The summed E-state index contributed by atoms with van der Waals surface area (Å²) in [6, 6.07) is 0. The van der Waals surface area contributed by atoms with Crippen LogP contribution in [0.4, 0.5) is 0 Å². The minimum Gasteiger partial charge on any atom is -0.461 e. The molecule has 0 radical (unpaired) electrons. The molecule has 1 aliphatic carbocycles. The minimum atomic E-state index is -0.104. The fraction of sp³-hybridized carbons (Fsp3) is 0.576. The van der Waals surface area contributed by atoms with Crippen molar-refractivity contribution in [3.05, 3.63) is 71.9 Å². The van der Waals surface area contributed by atoms with Crippen molar-refractivity contribution in [3.63, 3.8) is 0 Å². The van der Waals surface area contributed by atoms with Crippen LogP contribution >= 0.6 is 0 Å². The molecular weight excluding hydrogens is 444 g/mol.